The Bertz CT molecular complexity index is 309. The van der Waals surface area contributed by atoms with E-state index in [1.54, 1.807) is 6.20 Å². The van der Waals surface area contributed by atoms with Crippen LogP contribution in [0.1, 0.15) is 32.4 Å². The van der Waals surface area contributed by atoms with E-state index in [4.69, 9.17) is 4.74 Å². The summed E-state index contributed by atoms with van der Waals surface area (Å²) in [5.41, 5.74) is 0.783. The molecule has 0 bridgehead atoms. The van der Waals surface area contributed by atoms with E-state index >= 15 is 0 Å². The highest BCUT2D eigenvalue weighted by Crippen LogP contribution is 2.23. The van der Waals surface area contributed by atoms with Crippen molar-refractivity contribution in [1.82, 2.24) is 4.98 Å². The number of ether oxygens (including phenoxy) is 1. The molecule has 0 saturated carbocycles. The molecule has 1 atom stereocenters. The Kier molecular flexibility index (Phi) is 4.28. The molecule has 0 aliphatic rings. The van der Waals surface area contributed by atoms with Gasteiger partial charge in [0.05, 0.1) is 12.3 Å². The van der Waals surface area contributed by atoms with E-state index in [2.05, 4.69) is 4.98 Å². The summed E-state index contributed by atoms with van der Waals surface area (Å²) in [5.74, 6) is -0.253. The van der Waals surface area contributed by atoms with Crippen LogP contribution in [0.25, 0.3) is 0 Å². The molecular formula is C12H17NO2. The van der Waals surface area contributed by atoms with Gasteiger partial charge in [0.1, 0.15) is 5.92 Å². The Morgan fingerprint density at radius 1 is 1.47 bits per heavy atom. The van der Waals surface area contributed by atoms with Crippen molar-refractivity contribution in [2.24, 2.45) is 5.92 Å². The van der Waals surface area contributed by atoms with Crippen LogP contribution < -0.4 is 0 Å². The lowest BCUT2D eigenvalue weighted by Gasteiger charge is -2.18. The van der Waals surface area contributed by atoms with E-state index in [1.165, 1.54) is 0 Å². The van der Waals surface area contributed by atoms with Gasteiger partial charge in [-0.3, -0.25) is 9.78 Å². The van der Waals surface area contributed by atoms with Crippen LogP contribution in [0.4, 0.5) is 0 Å². The first-order chi connectivity index (χ1) is 7.16. The van der Waals surface area contributed by atoms with Crippen molar-refractivity contribution in [2.75, 3.05) is 6.61 Å². The van der Waals surface area contributed by atoms with Crippen LogP contribution in [0.3, 0.4) is 0 Å². The lowest BCUT2D eigenvalue weighted by molar-refractivity contribution is -0.146. The van der Waals surface area contributed by atoms with Crippen molar-refractivity contribution >= 4 is 5.97 Å². The lowest BCUT2D eigenvalue weighted by Crippen LogP contribution is -2.21. The molecule has 1 heterocycles. The zero-order valence-electron chi connectivity index (χ0n) is 9.43. The van der Waals surface area contributed by atoms with Gasteiger partial charge < -0.3 is 4.74 Å². The summed E-state index contributed by atoms with van der Waals surface area (Å²) in [6, 6.07) is 5.59. The van der Waals surface area contributed by atoms with Gasteiger partial charge in [-0.1, -0.05) is 19.9 Å². The SMILES string of the molecule is CCOC(=O)C(c1ccccn1)C(C)C. The molecule has 0 aromatic carbocycles. The smallest absolute Gasteiger partial charge is 0.315 e. The van der Waals surface area contributed by atoms with Gasteiger partial charge in [-0.2, -0.15) is 0 Å². The molecule has 0 aliphatic carbocycles. The van der Waals surface area contributed by atoms with E-state index in [0.29, 0.717) is 6.61 Å². The maximum absolute atomic E-state index is 11.7. The molecule has 15 heavy (non-hydrogen) atoms. The number of esters is 1. The van der Waals surface area contributed by atoms with Gasteiger partial charge in [0.25, 0.3) is 0 Å². The second kappa shape index (κ2) is 5.49. The molecule has 0 fully saturated rings. The molecule has 1 aromatic rings. The molecule has 0 spiro atoms. The fourth-order valence-corrected chi connectivity index (χ4v) is 1.53. The summed E-state index contributed by atoms with van der Waals surface area (Å²) in [7, 11) is 0. The fourth-order valence-electron chi connectivity index (χ4n) is 1.53. The molecule has 0 radical (unpaired) electrons. The Labute approximate surface area is 90.5 Å². The molecule has 0 N–H and O–H groups in total. The first-order valence-electron chi connectivity index (χ1n) is 5.24. The van der Waals surface area contributed by atoms with Gasteiger partial charge in [0, 0.05) is 6.20 Å². The summed E-state index contributed by atoms with van der Waals surface area (Å²) >= 11 is 0. The minimum Gasteiger partial charge on any atom is -0.465 e. The third kappa shape index (κ3) is 3.05. The van der Waals surface area contributed by atoms with Crippen LogP contribution in [0.15, 0.2) is 24.4 Å². The highest BCUT2D eigenvalue weighted by Gasteiger charge is 2.26. The van der Waals surface area contributed by atoms with Gasteiger partial charge in [-0.25, -0.2) is 0 Å². The summed E-state index contributed by atoms with van der Waals surface area (Å²) in [6.07, 6.45) is 1.70. The van der Waals surface area contributed by atoms with Gasteiger partial charge >= 0.3 is 5.97 Å². The minimum absolute atomic E-state index is 0.189. The number of rotatable bonds is 4. The monoisotopic (exact) mass is 207 g/mol. The number of carbonyl (C=O) groups excluding carboxylic acids is 1. The van der Waals surface area contributed by atoms with Crippen LogP contribution in [-0.4, -0.2) is 17.6 Å². The first kappa shape index (κ1) is 11.7. The first-order valence-corrected chi connectivity index (χ1v) is 5.24. The molecule has 1 unspecified atom stereocenters. The molecular weight excluding hydrogens is 190 g/mol. The second-order valence-corrected chi connectivity index (χ2v) is 3.73. The van der Waals surface area contributed by atoms with Crippen molar-refractivity contribution < 1.29 is 9.53 Å². The van der Waals surface area contributed by atoms with Gasteiger partial charge in [-0.05, 0) is 25.0 Å². The number of pyridine rings is 1. The topological polar surface area (TPSA) is 39.2 Å². The van der Waals surface area contributed by atoms with E-state index < -0.39 is 0 Å². The average Bonchev–Trinajstić information content (AvgIpc) is 2.19. The zero-order chi connectivity index (χ0) is 11.3. The quantitative estimate of drug-likeness (QED) is 0.711. The molecule has 82 valence electrons. The Hall–Kier alpha value is -1.38. The molecule has 1 aromatic heterocycles. The van der Waals surface area contributed by atoms with Crippen LogP contribution in [-0.2, 0) is 9.53 Å². The van der Waals surface area contributed by atoms with E-state index in [-0.39, 0.29) is 17.8 Å². The molecule has 0 aliphatic heterocycles. The third-order valence-electron chi connectivity index (χ3n) is 2.21. The maximum Gasteiger partial charge on any atom is 0.315 e. The van der Waals surface area contributed by atoms with Gasteiger partial charge in [0.15, 0.2) is 0 Å². The molecule has 0 saturated heterocycles. The van der Waals surface area contributed by atoms with Gasteiger partial charge in [0.2, 0.25) is 0 Å². The van der Waals surface area contributed by atoms with Crippen LogP contribution in [0.2, 0.25) is 0 Å². The molecule has 1 rings (SSSR count). The second-order valence-electron chi connectivity index (χ2n) is 3.73. The number of hydrogen-bond acceptors (Lipinski definition) is 3. The third-order valence-corrected chi connectivity index (χ3v) is 2.21. The van der Waals surface area contributed by atoms with E-state index in [9.17, 15) is 4.79 Å². The Morgan fingerprint density at radius 3 is 2.67 bits per heavy atom. The molecule has 3 heteroatoms. The van der Waals surface area contributed by atoms with Crippen molar-refractivity contribution in [2.45, 2.75) is 26.7 Å². The zero-order valence-corrected chi connectivity index (χ0v) is 9.43. The van der Waals surface area contributed by atoms with E-state index in [1.807, 2.05) is 39.0 Å². The summed E-state index contributed by atoms with van der Waals surface area (Å²) in [6.45, 7) is 6.22. The molecule has 0 amide bonds. The van der Waals surface area contributed by atoms with Crippen molar-refractivity contribution in [3.8, 4) is 0 Å². The Morgan fingerprint density at radius 2 is 2.20 bits per heavy atom. The largest absolute Gasteiger partial charge is 0.465 e. The standard InChI is InChI=1S/C12H17NO2/c1-4-15-12(14)11(9(2)3)10-7-5-6-8-13-10/h5-9,11H,4H2,1-3H3. The highest BCUT2D eigenvalue weighted by molar-refractivity contribution is 5.77. The van der Waals surface area contributed by atoms with Crippen molar-refractivity contribution in [3.05, 3.63) is 30.1 Å². The van der Waals surface area contributed by atoms with Crippen molar-refractivity contribution in [3.63, 3.8) is 0 Å². The van der Waals surface area contributed by atoms with Crippen LogP contribution in [0.5, 0.6) is 0 Å². The average molecular weight is 207 g/mol. The maximum atomic E-state index is 11.7. The number of carbonyl (C=O) groups is 1. The summed E-state index contributed by atoms with van der Waals surface area (Å²) in [4.78, 5) is 15.9. The number of nitrogens with zero attached hydrogens (tertiary/aromatic N) is 1. The number of hydrogen-bond donors (Lipinski definition) is 0. The lowest BCUT2D eigenvalue weighted by atomic mass is 9.92. The molecule has 3 nitrogen and oxygen atoms in total. The van der Waals surface area contributed by atoms with E-state index in [0.717, 1.165) is 5.69 Å². The predicted octanol–water partition coefficient (Wildman–Crippen LogP) is 2.38. The fraction of sp³-hybridized carbons (Fsp3) is 0.500. The minimum atomic E-state index is -0.258. The highest BCUT2D eigenvalue weighted by atomic mass is 16.5. The van der Waals surface area contributed by atoms with Crippen LogP contribution in [0, 0.1) is 5.92 Å². The van der Waals surface area contributed by atoms with Gasteiger partial charge in [-0.15, -0.1) is 0 Å². The summed E-state index contributed by atoms with van der Waals surface area (Å²) < 4.78 is 5.04. The Balaban J connectivity index is 2.88. The number of aromatic nitrogens is 1. The van der Waals surface area contributed by atoms with Crippen molar-refractivity contribution in [1.29, 1.82) is 0 Å². The normalized spacial score (nSPS) is 12.5. The summed E-state index contributed by atoms with van der Waals surface area (Å²) in [5, 5.41) is 0. The van der Waals surface area contributed by atoms with Crippen LogP contribution >= 0.6 is 0 Å². The predicted molar refractivity (Wildman–Crippen MR) is 58.4 cm³/mol.